The second-order valence-electron chi connectivity index (χ2n) is 4.73. The number of nitrogens with one attached hydrogen (secondary N) is 1. The van der Waals surface area contributed by atoms with Gasteiger partial charge in [-0.3, -0.25) is 0 Å². The molecule has 2 atom stereocenters. The van der Waals surface area contributed by atoms with E-state index in [2.05, 4.69) is 29.5 Å². The number of hydrogen-bond donors (Lipinski definition) is 1. The van der Waals surface area contributed by atoms with E-state index in [0.717, 1.165) is 31.9 Å². The number of hydrogen-bond acceptors (Lipinski definition) is 4. The fraction of sp³-hybridized carbons (Fsp3) is 0.769. The number of nitrogens with zero attached hydrogens (tertiary/aromatic N) is 1. The van der Waals surface area contributed by atoms with Gasteiger partial charge >= 0.3 is 0 Å². The maximum atomic E-state index is 5.60. The lowest BCUT2D eigenvalue weighted by molar-refractivity contribution is 0.0396. The summed E-state index contributed by atoms with van der Waals surface area (Å²) in [6, 6.07) is 0.519. The second-order valence-corrected chi connectivity index (χ2v) is 5.67. The molecule has 17 heavy (non-hydrogen) atoms. The fourth-order valence-corrected chi connectivity index (χ4v) is 3.27. The monoisotopic (exact) mass is 254 g/mol. The molecule has 0 radical (unpaired) electrons. The smallest absolute Gasteiger partial charge is 0.0943 e. The molecule has 0 bridgehead atoms. The van der Waals surface area contributed by atoms with Crippen LogP contribution in [0.15, 0.2) is 5.38 Å². The van der Waals surface area contributed by atoms with Gasteiger partial charge in [0, 0.05) is 30.1 Å². The van der Waals surface area contributed by atoms with Crippen molar-refractivity contribution >= 4 is 11.3 Å². The fourth-order valence-electron chi connectivity index (χ4n) is 2.44. The molecule has 3 nitrogen and oxygen atoms in total. The topological polar surface area (TPSA) is 34.2 Å². The highest BCUT2D eigenvalue weighted by Gasteiger charge is 2.24. The molecule has 2 rings (SSSR count). The number of likely N-dealkylation sites (N-methyl/N-ethyl adjacent to an activating group) is 1. The normalized spacial score (nSPS) is 22.6. The van der Waals surface area contributed by atoms with Crippen LogP contribution in [0, 0.1) is 12.8 Å². The quantitative estimate of drug-likeness (QED) is 0.876. The minimum Gasteiger partial charge on any atom is -0.381 e. The summed E-state index contributed by atoms with van der Waals surface area (Å²) < 4.78 is 5.60. The SMILES string of the molecule is CCNC(Cc1nc(C)cs1)C1CCCOC1. The van der Waals surface area contributed by atoms with Gasteiger partial charge < -0.3 is 10.1 Å². The molecule has 1 aliphatic rings. The number of ether oxygens (including phenoxy) is 1. The lowest BCUT2D eigenvalue weighted by Gasteiger charge is -2.30. The van der Waals surface area contributed by atoms with Crippen molar-refractivity contribution in [2.75, 3.05) is 19.8 Å². The Labute approximate surface area is 108 Å². The van der Waals surface area contributed by atoms with Gasteiger partial charge in [0.05, 0.1) is 11.6 Å². The van der Waals surface area contributed by atoms with E-state index in [1.165, 1.54) is 17.8 Å². The lowest BCUT2D eigenvalue weighted by atomic mass is 9.91. The molecular weight excluding hydrogens is 232 g/mol. The van der Waals surface area contributed by atoms with E-state index in [9.17, 15) is 0 Å². The van der Waals surface area contributed by atoms with Crippen LogP contribution in [0.2, 0.25) is 0 Å². The lowest BCUT2D eigenvalue weighted by Crippen LogP contribution is -2.41. The summed E-state index contributed by atoms with van der Waals surface area (Å²) in [5.41, 5.74) is 1.14. The van der Waals surface area contributed by atoms with Crippen LogP contribution >= 0.6 is 11.3 Å². The van der Waals surface area contributed by atoms with Gasteiger partial charge in [-0.1, -0.05) is 6.92 Å². The van der Waals surface area contributed by atoms with Crippen molar-refractivity contribution in [1.82, 2.24) is 10.3 Å². The van der Waals surface area contributed by atoms with Crippen molar-refractivity contribution in [2.24, 2.45) is 5.92 Å². The summed E-state index contributed by atoms with van der Waals surface area (Å²) in [6.45, 7) is 7.09. The van der Waals surface area contributed by atoms with Crippen LogP contribution in [0.4, 0.5) is 0 Å². The first kappa shape index (κ1) is 13.0. The summed E-state index contributed by atoms with van der Waals surface area (Å²) >= 11 is 1.78. The first-order valence-corrected chi connectivity index (χ1v) is 7.39. The first-order chi connectivity index (χ1) is 8.29. The molecule has 2 unspecified atom stereocenters. The molecule has 0 spiro atoms. The third-order valence-corrected chi connectivity index (χ3v) is 4.28. The van der Waals surface area contributed by atoms with E-state index in [-0.39, 0.29) is 0 Å². The summed E-state index contributed by atoms with van der Waals surface area (Å²) in [7, 11) is 0. The zero-order chi connectivity index (χ0) is 12.1. The van der Waals surface area contributed by atoms with Gasteiger partial charge in [0.15, 0.2) is 0 Å². The van der Waals surface area contributed by atoms with E-state index < -0.39 is 0 Å². The van der Waals surface area contributed by atoms with E-state index in [0.29, 0.717) is 12.0 Å². The maximum absolute atomic E-state index is 5.60. The summed E-state index contributed by atoms with van der Waals surface area (Å²) in [5, 5.41) is 6.98. The standard InChI is InChI=1S/C13H22N2OS/c1-3-14-12(11-5-4-6-16-8-11)7-13-15-10(2)9-17-13/h9,11-12,14H,3-8H2,1-2H3. The number of thiazole rings is 1. The van der Waals surface area contributed by atoms with Crippen molar-refractivity contribution in [2.45, 2.75) is 39.2 Å². The van der Waals surface area contributed by atoms with Gasteiger partial charge in [-0.2, -0.15) is 0 Å². The Morgan fingerprint density at radius 1 is 1.65 bits per heavy atom. The molecule has 1 aromatic heterocycles. The Kier molecular flexibility index (Phi) is 4.95. The molecule has 4 heteroatoms. The number of aromatic nitrogens is 1. The first-order valence-electron chi connectivity index (χ1n) is 6.51. The van der Waals surface area contributed by atoms with Crippen LogP contribution in [-0.4, -0.2) is 30.8 Å². The van der Waals surface area contributed by atoms with Gasteiger partial charge in [-0.05, 0) is 32.2 Å². The van der Waals surface area contributed by atoms with Crippen molar-refractivity contribution in [3.05, 3.63) is 16.1 Å². The zero-order valence-corrected chi connectivity index (χ0v) is 11.6. The molecule has 1 aromatic rings. The van der Waals surface area contributed by atoms with Gasteiger partial charge in [0.2, 0.25) is 0 Å². The zero-order valence-electron chi connectivity index (χ0n) is 10.7. The Bertz CT molecular complexity index is 334. The summed E-state index contributed by atoms with van der Waals surface area (Å²) in [4.78, 5) is 4.57. The molecule has 0 aliphatic carbocycles. The molecule has 1 fully saturated rings. The minimum atomic E-state index is 0.519. The molecule has 1 N–H and O–H groups in total. The molecular formula is C13H22N2OS. The molecule has 96 valence electrons. The average Bonchev–Trinajstić information content (AvgIpc) is 2.75. The molecule has 0 aromatic carbocycles. The van der Waals surface area contributed by atoms with Crippen LogP contribution in [0.25, 0.3) is 0 Å². The third-order valence-electron chi connectivity index (χ3n) is 3.29. The van der Waals surface area contributed by atoms with Gasteiger partial charge in [-0.25, -0.2) is 4.98 Å². The Morgan fingerprint density at radius 3 is 3.12 bits per heavy atom. The van der Waals surface area contributed by atoms with Crippen LogP contribution < -0.4 is 5.32 Å². The van der Waals surface area contributed by atoms with Crippen molar-refractivity contribution in [3.63, 3.8) is 0 Å². The number of aryl methyl sites for hydroxylation is 1. The van der Waals surface area contributed by atoms with Crippen LogP contribution in [0.1, 0.15) is 30.5 Å². The van der Waals surface area contributed by atoms with E-state index in [1.807, 2.05) is 0 Å². The van der Waals surface area contributed by atoms with Crippen LogP contribution in [0.5, 0.6) is 0 Å². The third kappa shape index (κ3) is 3.76. The highest BCUT2D eigenvalue weighted by molar-refractivity contribution is 7.09. The molecule has 1 aliphatic heterocycles. The predicted octanol–water partition coefficient (Wildman–Crippen LogP) is 2.40. The average molecular weight is 254 g/mol. The number of rotatable bonds is 5. The van der Waals surface area contributed by atoms with Crippen LogP contribution in [-0.2, 0) is 11.2 Å². The van der Waals surface area contributed by atoms with E-state index in [4.69, 9.17) is 4.74 Å². The van der Waals surface area contributed by atoms with Crippen molar-refractivity contribution in [3.8, 4) is 0 Å². The van der Waals surface area contributed by atoms with Gasteiger partial charge in [0.1, 0.15) is 0 Å². The van der Waals surface area contributed by atoms with Crippen molar-refractivity contribution in [1.29, 1.82) is 0 Å². The highest BCUT2D eigenvalue weighted by Crippen LogP contribution is 2.21. The molecule has 2 heterocycles. The molecule has 1 saturated heterocycles. The van der Waals surface area contributed by atoms with E-state index >= 15 is 0 Å². The Morgan fingerprint density at radius 2 is 2.53 bits per heavy atom. The van der Waals surface area contributed by atoms with Gasteiger partial charge in [-0.15, -0.1) is 11.3 Å². The highest BCUT2D eigenvalue weighted by atomic mass is 32.1. The minimum absolute atomic E-state index is 0.519. The second kappa shape index (κ2) is 6.47. The molecule has 0 saturated carbocycles. The van der Waals surface area contributed by atoms with Crippen molar-refractivity contribution < 1.29 is 4.74 Å². The van der Waals surface area contributed by atoms with E-state index in [1.54, 1.807) is 11.3 Å². The largest absolute Gasteiger partial charge is 0.381 e. The maximum Gasteiger partial charge on any atom is 0.0943 e. The predicted molar refractivity (Wildman–Crippen MR) is 71.6 cm³/mol. The summed E-state index contributed by atoms with van der Waals surface area (Å²) in [6.07, 6.45) is 3.52. The summed E-state index contributed by atoms with van der Waals surface area (Å²) in [5.74, 6) is 0.646. The van der Waals surface area contributed by atoms with Crippen LogP contribution in [0.3, 0.4) is 0 Å². The Hall–Kier alpha value is -0.450. The Balaban J connectivity index is 1.95. The van der Waals surface area contributed by atoms with Gasteiger partial charge in [0.25, 0.3) is 0 Å². The molecule has 0 amide bonds.